The van der Waals surface area contributed by atoms with E-state index in [1.54, 1.807) is 6.07 Å². The van der Waals surface area contributed by atoms with E-state index < -0.39 is 4.92 Å². The Morgan fingerprint density at radius 1 is 1.33 bits per heavy atom. The Morgan fingerprint density at radius 2 is 1.92 bits per heavy atom. The number of hydrogen-bond donors (Lipinski definition) is 0. The standard InChI is InChI=1S/C6H5NO3S.Na/c8-7(9)5-3-1-2-4-6(5)11-10;/h1-4,10H;/q;+1/p-1. The van der Waals surface area contributed by atoms with Crippen molar-refractivity contribution in [2.45, 2.75) is 4.90 Å². The van der Waals surface area contributed by atoms with Gasteiger partial charge in [-0.05, 0) is 6.07 Å². The molecule has 12 heavy (non-hydrogen) atoms. The number of para-hydroxylation sites is 1. The molecule has 58 valence electrons. The topological polar surface area (TPSA) is 66.2 Å². The molecule has 0 fully saturated rings. The van der Waals surface area contributed by atoms with Gasteiger partial charge in [-0.3, -0.25) is 10.1 Å². The second-order valence-electron chi connectivity index (χ2n) is 1.81. The number of benzene rings is 1. The zero-order chi connectivity index (χ0) is 8.27. The summed E-state index contributed by atoms with van der Waals surface area (Å²) in [6, 6.07) is 5.85. The van der Waals surface area contributed by atoms with Crippen molar-refractivity contribution >= 4 is 17.7 Å². The van der Waals surface area contributed by atoms with Gasteiger partial charge in [0.15, 0.2) is 0 Å². The van der Waals surface area contributed by atoms with E-state index in [1.807, 2.05) is 0 Å². The van der Waals surface area contributed by atoms with Gasteiger partial charge in [-0.25, -0.2) is 12.0 Å². The molecule has 1 rings (SSSR count). The van der Waals surface area contributed by atoms with Crippen molar-refractivity contribution in [1.82, 2.24) is 0 Å². The molecule has 1 aromatic carbocycles. The molecule has 0 unspecified atom stereocenters. The van der Waals surface area contributed by atoms with E-state index >= 15 is 0 Å². The van der Waals surface area contributed by atoms with E-state index in [1.165, 1.54) is 18.2 Å². The summed E-state index contributed by atoms with van der Waals surface area (Å²) in [5, 5.41) is 10.2. The molecule has 0 radical (unpaired) electrons. The van der Waals surface area contributed by atoms with E-state index in [-0.39, 0.29) is 52.2 Å². The summed E-state index contributed by atoms with van der Waals surface area (Å²) in [4.78, 5) is 9.82. The van der Waals surface area contributed by atoms with Gasteiger partial charge in [-0.1, -0.05) is 12.1 Å². The van der Waals surface area contributed by atoms with E-state index in [9.17, 15) is 14.7 Å². The van der Waals surface area contributed by atoms with Gasteiger partial charge in [-0.15, -0.1) is 0 Å². The summed E-state index contributed by atoms with van der Waals surface area (Å²) in [7, 11) is 0. The summed E-state index contributed by atoms with van der Waals surface area (Å²) in [5.74, 6) is 0. The monoisotopic (exact) mass is 193 g/mol. The van der Waals surface area contributed by atoms with Gasteiger partial charge in [0.1, 0.15) is 0 Å². The molecule has 0 atom stereocenters. The van der Waals surface area contributed by atoms with Gasteiger partial charge in [-0.2, -0.15) is 0 Å². The zero-order valence-corrected chi connectivity index (χ0v) is 9.21. The average molecular weight is 193 g/mol. The van der Waals surface area contributed by atoms with Crippen molar-refractivity contribution in [3.8, 4) is 0 Å². The Labute approximate surface area is 95.6 Å². The third-order valence-electron chi connectivity index (χ3n) is 1.15. The van der Waals surface area contributed by atoms with Crippen LogP contribution in [0.5, 0.6) is 0 Å². The minimum absolute atomic E-state index is 0. The Hall–Kier alpha value is -0.0700. The molecule has 0 aromatic heterocycles. The molecular weight excluding hydrogens is 189 g/mol. The third kappa shape index (κ3) is 2.76. The van der Waals surface area contributed by atoms with Gasteiger partial charge in [0.25, 0.3) is 5.69 Å². The third-order valence-corrected chi connectivity index (χ3v) is 1.68. The van der Waals surface area contributed by atoms with Crippen LogP contribution in [0.25, 0.3) is 0 Å². The second kappa shape index (κ2) is 5.55. The molecule has 1 aromatic rings. The minimum atomic E-state index is -0.569. The van der Waals surface area contributed by atoms with Gasteiger partial charge in [0.2, 0.25) is 0 Å². The molecular formula is C6H4NNaO3S. The SMILES string of the molecule is O=[N+]([O-])c1ccccc1S[O-].[Na+]. The summed E-state index contributed by atoms with van der Waals surface area (Å²) in [5.41, 5.74) is -0.132. The van der Waals surface area contributed by atoms with Crippen LogP contribution in [-0.4, -0.2) is 9.48 Å². The molecule has 0 aliphatic heterocycles. The predicted molar refractivity (Wildman–Crippen MR) is 39.7 cm³/mol. The first-order chi connectivity index (χ1) is 5.25. The van der Waals surface area contributed by atoms with Crippen molar-refractivity contribution in [2.75, 3.05) is 0 Å². The smallest absolute Gasteiger partial charge is 0.795 e. The van der Waals surface area contributed by atoms with Crippen molar-refractivity contribution in [2.24, 2.45) is 0 Å². The number of rotatable bonds is 2. The Kier molecular flexibility index (Phi) is 5.52. The van der Waals surface area contributed by atoms with E-state index in [0.29, 0.717) is 0 Å². The molecule has 0 bridgehead atoms. The van der Waals surface area contributed by atoms with Gasteiger partial charge < -0.3 is 4.55 Å². The quantitative estimate of drug-likeness (QED) is 0.257. The molecule has 0 aliphatic carbocycles. The molecule has 0 saturated heterocycles. The molecule has 0 N–H and O–H groups in total. The maximum absolute atomic E-state index is 10.3. The Balaban J connectivity index is 0.00000121. The maximum Gasteiger partial charge on any atom is 1.00 e. The van der Waals surface area contributed by atoms with Crippen LogP contribution < -0.4 is 29.6 Å². The number of nitro benzene ring substituents is 1. The van der Waals surface area contributed by atoms with E-state index in [0.717, 1.165) is 0 Å². The first kappa shape index (κ1) is 11.9. The molecule has 0 amide bonds. The fraction of sp³-hybridized carbons (Fsp3) is 0. The van der Waals surface area contributed by atoms with E-state index in [2.05, 4.69) is 0 Å². The number of hydrogen-bond acceptors (Lipinski definition) is 4. The second-order valence-corrected chi connectivity index (χ2v) is 2.41. The van der Waals surface area contributed by atoms with E-state index in [4.69, 9.17) is 0 Å². The number of nitro groups is 1. The van der Waals surface area contributed by atoms with Crippen LogP contribution in [0.1, 0.15) is 0 Å². The molecule has 0 aliphatic rings. The fourth-order valence-electron chi connectivity index (χ4n) is 0.678. The molecule has 0 spiro atoms. The minimum Gasteiger partial charge on any atom is -0.795 e. The summed E-state index contributed by atoms with van der Waals surface area (Å²) >= 11 is 0.132. The van der Waals surface area contributed by atoms with Crippen LogP contribution in [0.15, 0.2) is 29.2 Å². The van der Waals surface area contributed by atoms with Gasteiger partial charge in [0.05, 0.1) is 9.82 Å². The summed E-state index contributed by atoms with van der Waals surface area (Å²) in [6.45, 7) is 0. The summed E-state index contributed by atoms with van der Waals surface area (Å²) in [6.07, 6.45) is 0. The van der Waals surface area contributed by atoms with Crippen LogP contribution >= 0.6 is 12.0 Å². The maximum atomic E-state index is 10.3. The van der Waals surface area contributed by atoms with Crippen LogP contribution in [0.2, 0.25) is 0 Å². The van der Waals surface area contributed by atoms with Gasteiger partial charge >= 0.3 is 29.6 Å². The predicted octanol–water partition coefficient (Wildman–Crippen LogP) is -1.18. The molecule has 6 heteroatoms. The first-order valence-electron chi connectivity index (χ1n) is 2.79. The Morgan fingerprint density at radius 3 is 2.33 bits per heavy atom. The summed E-state index contributed by atoms with van der Waals surface area (Å²) < 4.78 is 10.3. The van der Waals surface area contributed by atoms with Gasteiger partial charge in [0, 0.05) is 6.07 Å². The van der Waals surface area contributed by atoms with Crippen molar-refractivity contribution < 1.29 is 39.0 Å². The molecule has 0 heterocycles. The normalized spacial score (nSPS) is 8.75. The number of nitrogens with zero attached hydrogens (tertiary/aromatic N) is 1. The van der Waals surface area contributed by atoms with Crippen LogP contribution in [-0.2, 0) is 0 Å². The molecule has 0 saturated carbocycles. The first-order valence-corrected chi connectivity index (χ1v) is 3.53. The Bertz CT molecular complexity index is 281. The molecule has 4 nitrogen and oxygen atoms in total. The van der Waals surface area contributed by atoms with Crippen molar-refractivity contribution in [3.05, 3.63) is 34.4 Å². The average Bonchev–Trinajstić information content (AvgIpc) is 2.04. The van der Waals surface area contributed by atoms with Crippen LogP contribution in [0.3, 0.4) is 0 Å². The fourth-order valence-corrected chi connectivity index (χ4v) is 1.04. The zero-order valence-electron chi connectivity index (χ0n) is 6.39. The van der Waals surface area contributed by atoms with Crippen molar-refractivity contribution in [3.63, 3.8) is 0 Å². The van der Waals surface area contributed by atoms with Crippen LogP contribution in [0.4, 0.5) is 5.69 Å². The largest absolute Gasteiger partial charge is 1.00 e. The van der Waals surface area contributed by atoms with Crippen LogP contribution in [0, 0.1) is 10.1 Å². The van der Waals surface area contributed by atoms with Crippen molar-refractivity contribution in [1.29, 1.82) is 0 Å².